The highest BCUT2D eigenvalue weighted by Gasteiger charge is 2.14. The minimum atomic E-state index is 0.0443. The third kappa shape index (κ3) is 3.34. The fourth-order valence-corrected chi connectivity index (χ4v) is 1.74. The van der Waals surface area contributed by atoms with Crippen molar-refractivity contribution in [3.63, 3.8) is 0 Å². The van der Waals surface area contributed by atoms with Gasteiger partial charge in [-0.25, -0.2) is 0 Å². The number of aromatic nitrogens is 1. The zero-order valence-corrected chi connectivity index (χ0v) is 10.6. The number of hydrogen-bond donors (Lipinski definition) is 2. The van der Waals surface area contributed by atoms with Crippen molar-refractivity contribution in [2.45, 2.75) is 20.8 Å². The molecule has 0 saturated heterocycles. The van der Waals surface area contributed by atoms with Gasteiger partial charge in [0.1, 0.15) is 5.69 Å². The number of anilines is 1. The lowest BCUT2D eigenvalue weighted by atomic mass is 10.1. The van der Waals surface area contributed by atoms with Gasteiger partial charge in [0, 0.05) is 19.3 Å². The average molecular weight is 236 g/mol. The minimum Gasteiger partial charge on any atom is -0.409 e. The van der Waals surface area contributed by atoms with E-state index in [9.17, 15) is 0 Å². The normalized spacial score (nSPS) is 11.9. The molecule has 1 rings (SSSR count). The maximum atomic E-state index is 8.75. The van der Waals surface area contributed by atoms with Gasteiger partial charge in [-0.05, 0) is 25.0 Å². The third-order valence-corrected chi connectivity index (χ3v) is 2.44. The van der Waals surface area contributed by atoms with E-state index >= 15 is 0 Å². The molecule has 0 fully saturated rings. The van der Waals surface area contributed by atoms with Gasteiger partial charge in [0.25, 0.3) is 0 Å². The van der Waals surface area contributed by atoms with Crippen molar-refractivity contribution in [2.24, 2.45) is 16.8 Å². The summed E-state index contributed by atoms with van der Waals surface area (Å²) in [6.07, 6.45) is 1.64. The maximum absolute atomic E-state index is 8.75. The highest BCUT2D eigenvalue weighted by molar-refractivity contribution is 6.00. The van der Waals surface area contributed by atoms with Crippen LogP contribution >= 0.6 is 0 Å². The van der Waals surface area contributed by atoms with Crippen LogP contribution < -0.4 is 10.6 Å². The van der Waals surface area contributed by atoms with Crippen molar-refractivity contribution >= 4 is 11.5 Å². The van der Waals surface area contributed by atoms with Gasteiger partial charge in [-0.15, -0.1) is 0 Å². The number of rotatable bonds is 5. The van der Waals surface area contributed by atoms with E-state index in [1.807, 2.05) is 12.1 Å². The molecule has 1 aromatic heterocycles. The molecule has 0 aliphatic rings. The lowest BCUT2D eigenvalue weighted by molar-refractivity contribution is 0.318. The molecule has 0 radical (unpaired) electrons. The van der Waals surface area contributed by atoms with E-state index in [0.717, 1.165) is 18.8 Å². The van der Waals surface area contributed by atoms with E-state index in [0.29, 0.717) is 11.6 Å². The summed E-state index contributed by atoms with van der Waals surface area (Å²) < 4.78 is 0. The second-order valence-electron chi connectivity index (χ2n) is 4.29. The zero-order chi connectivity index (χ0) is 12.8. The van der Waals surface area contributed by atoms with Crippen LogP contribution in [0.4, 0.5) is 5.69 Å². The van der Waals surface area contributed by atoms with Gasteiger partial charge < -0.3 is 15.8 Å². The van der Waals surface area contributed by atoms with Crippen molar-refractivity contribution in [3.8, 4) is 0 Å². The zero-order valence-electron chi connectivity index (χ0n) is 10.6. The fourth-order valence-electron chi connectivity index (χ4n) is 1.74. The molecule has 0 spiro atoms. The molecule has 5 heteroatoms. The van der Waals surface area contributed by atoms with E-state index in [2.05, 4.69) is 35.8 Å². The van der Waals surface area contributed by atoms with Crippen LogP contribution in [0, 0.1) is 5.92 Å². The van der Waals surface area contributed by atoms with Gasteiger partial charge in [-0.3, -0.25) is 4.98 Å². The predicted molar refractivity (Wildman–Crippen MR) is 69.5 cm³/mol. The average Bonchev–Trinajstić information content (AvgIpc) is 2.34. The molecular weight excluding hydrogens is 216 g/mol. The summed E-state index contributed by atoms with van der Waals surface area (Å²) in [6.45, 7) is 8.15. The van der Waals surface area contributed by atoms with Crippen LogP contribution in [0.2, 0.25) is 0 Å². The van der Waals surface area contributed by atoms with E-state index in [4.69, 9.17) is 10.9 Å². The number of hydrogen-bond acceptors (Lipinski definition) is 4. The smallest absolute Gasteiger partial charge is 0.190 e. The monoisotopic (exact) mass is 236 g/mol. The van der Waals surface area contributed by atoms with Gasteiger partial charge in [0.2, 0.25) is 0 Å². The molecule has 1 aromatic rings. The van der Waals surface area contributed by atoms with Crippen LogP contribution in [-0.4, -0.2) is 29.1 Å². The Morgan fingerprint density at radius 3 is 2.82 bits per heavy atom. The van der Waals surface area contributed by atoms with Crippen LogP contribution in [-0.2, 0) is 0 Å². The molecule has 5 nitrogen and oxygen atoms in total. The van der Waals surface area contributed by atoms with Crippen molar-refractivity contribution in [1.82, 2.24) is 4.98 Å². The molecular formula is C12H20N4O. The predicted octanol–water partition coefficient (Wildman–Crippen LogP) is 1.66. The lowest BCUT2D eigenvalue weighted by Gasteiger charge is -2.26. The summed E-state index contributed by atoms with van der Waals surface area (Å²) in [5.41, 5.74) is 7.06. The molecule has 94 valence electrons. The summed E-state index contributed by atoms with van der Waals surface area (Å²) in [7, 11) is 0. The summed E-state index contributed by atoms with van der Waals surface area (Å²) in [6, 6.07) is 3.79. The number of nitrogens with two attached hydrogens (primary N) is 1. The van der Waals surface area contributed by atoms with Gasteiger partial charge in [-0.1, -0.05) is 19.0 Å². The first-order valence-electron chi connectivity index (χ1n) is 5.78. The van der Waals surface area contributed by atoms with Crippen molar-refractivity contribution in [2.75, 3.05) is 18.0 Å². The van der Waals surface area contributed by atoms with Gasteiger partial charge in [0.05, 0.1) is 5.69 Å². The Bertz CT molecular complexity index is 390. The number of amidine groups is 1. The molecule has 1 heterocycles. The molecule has 0 atom stereocenters. The summed E-state index contributed by atoms with van der Waals surface area (Å²) in [5.74, 6) is 0.582. The Balaban J connectivity index is 3.10. The Morgan fingerprint density at radius 2 is 2.29 bits per heavy atom. The first kappa shape index (κ1) is 13.3. The SMILES string of the molecule is CCN(CC(C)C)c1cccnc1/C(N)=N/O. The van der Waals surface area contributed by atoms with E-state index in [1.54, 1.807) is 6.20 Å². The Morgan fingerprint density at radius 1 is 1.59 bits per heavy atom. The largest absolute Gasteiger partial charge is 0.409 e. The van der Waals surface area contributed by atoms with E-state index in [-0.39, 0.29) is 5.84 Å². The quantitative estimate of drug-likeness (QED) is 0.353. The topological polar surface area (TPSA) is 74.7 Å². The van der Waals surface area contributed by atoms with Crippen molar-refractivity contribution in [3.05, 3.63) is 24.0 Å². The first-order valence-corrected chi connectivity index (χ1v) is 5.78. The van der Waals surface area contributed by atoms with Crippen LogP contribution in [0.5, 0.6) is 0 Å². The second-order valence-corrected chi connectivity index (χ2v) is 4.29. The van der Waals surface area contributed by atoms with Crippen molar-refractivity contribution in [1.29, 1.82) is 0 Å². The molecule has 0 saturated carbocycles. The second kappa shape index (κ2) is 6.08. The standard InChI is InChI=1S/C12H20N4O/c1-4-16(8-9(2)3)10-6-5-7-14-11(10)12(13)15-17/h5-7,9,17H,4,8H2,1-3H3,(H2,13,15). The maximum Gasteiger partial charge on any atom is 0.190 e. The van der Waals surface area contributed by atoms with Crippen LogP contribution in [0.25, 0.3) is 0 Å². The third-order valence-electron chi connectivity index (χ3n) is 2.44. The molecule has 0 aromatic carbocycles. The van der Waals surface area contributed by atoms with E-state index < -0.39 is 0 Å². The Kier molecular flexibility index (Phi) is 4.75. The van der Waals surface area contributed by atoms with Crippen LogP contribution in [0.15, 0.2) is 23.5 Å². The Labute approximate surface area is 102 Å². The van der Waals surface area contributed by atoms with Crippen LogP contribution in [0.3, 0.4) is 0 Å². The van der Waals surface area contributed by atoms with Gasteiger partial charge in [0.15, 0.2) is 5.84 Å². The van der Waals surface area contributed by atoms with E-state index in [1.165, 1.54) is 0 Å². The summed E-state index contributed by atoms with van der Waals surface area (Å²) in [4.78, 5) is 6.34. The molecule has 3 N–H and O–H groups in total. The van der Waals surface area contributed by atoms with Crippen molar-refractivity contribution < 1.29 is 5.21 Å². The number of oxime groups is 1. The number of nitrogens with zero attached hydrogens (tertiary/aromatic N) is 3. The molecule has 0 aliphatic carbocycles. The minimum absolute atomic E-state index is 0.0443. The number of pyridine rings is 1. The highest BCUT2D eigenvalue weighted by atomic mass is 16.4. The lowest BCUT2D eigenvalue weighted by Crippen LogP contribution is -2.30. The molecule has 0 unspecified atom stereocenters. The molecule has 17 heavy (non-hydrogen) atoms. The first-order chi connectivity index (χ1) is 8.10. The molecule has 0 bridgehead atoms. The van der Waals surface area contributed by atoms with Gasteiger partial charge >= 0.3 is 0 Å². The highest BCUT2D eigenvalue weighted by Crippen LogP contribution is 2.19. The summed E-state index contributed by atoms with van der Waals surface area (Å²) in [5, 5.41) is 11.8. The summed E-state index contributed by atoms with van der Waals surface area (Å²) >= 11 is 0. The van der Waals surface area contributed by atoms with Crippen LogP contribution in [0.1, 0.15) is 26.5 Å². The Hall–Kier alpha value is -1.78. The molecule has 0 aliphatic heterocycles. The fraction of sp³-hybridized carbons (Fsp3) is 0.500. The van der Waals surface area contributed by atoms with Gasteiger partial charge in [-0.2, -0.15) is 0 Å². The molecule has 0 amide bonds.